The fourth-order valence-electron chi connectivity index (χ4n) is 2.81. The van der Waals surface area contributed by atoms with Gasteiger partial charge in [-0.25, -0.2) is 0 Å². The summed E-state index contributed by atoms with van der Waals surface area (Å²) < 4.78 is 2.28. The van der Waals surface area contributed by atoms with Crippen LogP contribution in [0.2, 0.25) is 0 Å². The summed E-state index contributed by atoms with van der Waals surface area (Å²) >= 11 is 1.79. The number of hydrogen-bond donors (Lipinski definition) is 0. The van der Waals surface area contributed by atoms with Crippen LogP contribution in [0.5, 0.6) is 0 Å². The Kier molecular flexibility index (Phi) is 3.24. The maximum absolute atomic E-state index is 2.30. The quantitative estimate of drug-likeness (QED) is 0.452. The van der Waals surface area contributed by atoms with Gasteiger partial charge in [-0.05, 0) is 11.1 Å². The second kappa shape index (κ2) is 5.39. The van der Waals surface area contributed by atoms with Crippen molar-refractivity contribution in [2.75, 3.05) is 0 Å². The second-order valence-electron chi connectivity index (χ2n) is 5.42. The van der Waals surface area contributed by atoms with Gasteiger partial charge in [0.15, 0.2) is 11.9 Å². The molecule has 0 aliphatic rings. The SMILES string of the molecule is Cc1csc2cc(-c3ccccc3)c(-c3ccccc3)c[n+]12. The molecule has 2 aromatic carbocycles. The van der Waals surface area contributed by atoms with Crippen LogP contribution in [0.3, 0.4) is 0 Å². The van der Waals surface area contributed by atoms with Gasteiger partial charge in [-0.2, -0.15) is 4.40 Å². The van der Waals surface area contributed by atoms with Crippen LogP contribution in [0.1, 0.15) is 5.69 Å². The van der Waals surface area contributed by atoms with E-state index in [1.807, 2.05) is 0 Å². The molecule has 0 spiro atoms. The Morgan fingerprint density at radius 3 is 2.00 bits per heavy atom. The second-order valence-corrected chi connectivity index (χ2v) is 6.31. The monoisotopic (exact) mass is 302 g/mol. The maximum Gasteiger partial charge on any atom is 0.267 e. The minimum atomic E-state index is 1.25. The minimum absolute atomic E-state index is 1.25. The van der Waals surface area contributed by atoms with E-state index in [0.717, 1.165) is 0 Å². The molecule has 2 heterocycles. The van der Waals surface area contributed by atoms with Gasteiger partial charge in [0.25, 0.3) is 4.83 Å². The number of fused-ring (bicyclic) bond motifs is 1. The van der Waals surface area contributed by atoms with Crippen LogP contribution in [-0.4, -0.2) is 0 Å². The van der Waals surface area contributed by atoms with Crippen molar-refractivity contribution >= 4 is 16.2 Å². The van der Waals surface area contributed by atoms with Gasteiger partial charge in [-0.3, -0.25) is 0 Å². The number of aromatic nitrogens is 1. The number of nitrogens with zero attached hydrogens (tertiary/aromatic N) is 1. The molecule has 0 N–H and O–H groups in total. The Morgan fingerprint density at radius 1 is 0.773 bits per heavy atom. The number of aryl methyl sites for hydroxylation is 1. The Labute approximate surface area is 134 Å². The van der Waals surface area contributed by atoms with Crippen molar-refractivity contribution in [3.63, 3.8) is 0 Å². The molecule has 22 heavy (non-hydrogen) atoms. The normalized spacial score (nSPS) is 11.0. The molecule has 2 aromatic heterocycles. The zero-order valence-electron chi connectivity index (χ0n) is 12.4. The Morgan fingerprint density at radius 2 is 1.36 bits per heavy atom. The smallest absolute Gasteiger partial charge is 0.154 e. The first-order valence-corrected chi connectivity index (χ1v) is 8.25. The van der Waals surface area contributed by atoms with Gasteiger partial charge in [0.2, 0.25) is 0 Å². The molecule has 0 unspecified atom stereocenters. The van der Waals surface area contributed by atoms with Crippen molar-refractivity contribution in [1.82, 2.24) is 0 Å². The molecule has 0 saturated carbocycles. The van der Waals surface area contributed by atoms with Crippen LogP contribution in [0.4, 0.5) is 0 Å². The van der Waals surface area contributed by atoms with Gasteiger partial charge in [-0.15, -0.1) is 0 Å². The third-order valence-electron chi connectivity index (χ3n) is 3.95. The van der Waals surface area contributed by atoms with E-state index in [9.17, 15) is 0 Å². The topological polar surface area (TPSA) is 4.10 Å². The Bertz CT molecular complexity index is 924. The van der Waals surface area contributed by atoms with E-state index >= 15 is 0 Å². The number of pyridine rings is 1. The number of benzene rings is 2. The van der Waals surface area contributed by atoms with Gasteiger partial charge < -0.3 is 0 Å². The zero-order valence-corrected chi connectivity index (χ0v) is 13.2. The van der Waals surface area contributed by atoms with E-state index in [-0.39, 0.29) is 0 Å². The standard InChI is InChI=1S/C20H16NS/c1-15-14-22-20-12-18(16-8-4-2-5-9-16)19(13-21(15)20)17-10-6-3-7-11-17/h2-14H,1H3/q+1. The predicted octanol–water partition coefficient (Wildman–Crippen LogP) is 5.13. The average molecular weight is 302 g/mol. The largest absolute Gasteiger partial charge is 0.267 e. The first-order chi connectivity index (χ1) is 10.8. The van der Waals surface area contributed by atoms with Gasteiger partial charge >= 0.3 is 0 Å². The lowest BCUT2D eigenvalue weighted by molar-refractivity contribution is -0.514. The average Bonchev–Trinajstić information content (AvgIpc) is 2.96. The summed E-state index contributed by atoms with van der Waals surface area (Å²) in [5, 5.41) is 2.21. The molecular formula is C20H16NS+. The van der Waals surface area contributed by atoms with Crippen LogP contribution in [-0.2, 0) is 0 Å². The lowest BCUT2D eigenvalue weighted by Gasteiger charge is -2.08. The highest BCUT2D eigenvalue weighted by Gasteiger charge is 2.17. The van der Waals surface area contributed by atoms with Crippen LogP contribution >= 0.6 is 11.3 Å². The van der Waals surface area contributed by atoms with Crippen molar-refractivity contribution in [2.45, 2.75) is 6.92 Å². The Balaban J connectivity index is 2.05. The molecule has 1 nitrogen and oxygen atoms in total. The van der Waals surface area contributed by atoms with Crippen LogP contribution in [0.25, 0.3) is 27.1 Å². The lowest BCUT2D eigenvalue weighted by Crippen LogP contribution is -2.21. The van der Waals surface area contributed by atoms with E-state index < -0.39 is 0 Å². The van der Waals surface area contributed by atoms with Crippen LogP contribution in [0.15, 0.2) is 78.3 Å². The van der Waals surface area contributed by atoms with Crippen molar-refractivity contribution in [1.29, 1.82) is 0 Å². The highest BCUT2D eigenvalue weighted by atomic mass is 32.1. The third kappa shape index (κ3) is 2.22. The number of hydrogen-bond acceptors (Lipinski definition) is 1. The summed E-state index contributed by atoms with van der Waals surface area (Å²) in [4.78, 5) is 1.27. The van der Waals surface area contributed by atoms with Gasteiger partial charge in [0.1, 0.15) is 0 Å². The first kappa shape index (κ1) is 13.2. The summed E-state index contributed by atoms with van der Waals surface area (Å²) in [7, 11) is 0. The fourth-order valence-corrected chi connectivity index (χ4v) is 3.71. The van der Waals surface area contributed by atoms with Gasteiger partial charge in [-0.1, -0.05) is 72.0 Å². The molecular weight excluding hydrogens is 286 g/mol. The van der Waals surface area contributed by atoms with Crippen molar-refractivity contribution in [3.8, 4) is 22.3 Å². The van der Waals surface area contributed by atoms with E-state index in [2.05, 4.69) is 89.6 Å². The fraction of sp³-hybridized carbons (Fsp3) is 0.0500. The predicted molar refractivity (Wildman–Crippen MR) is 93.1 cm³/mol. The summed E-state index contributed by atoms with van der Waals surface area (Å²) in [6, 6.07) is 23.5. The molecule has 4 aromatic rings. The van der Waals surface area contributed by atoms with E-state index in [4.69, 9.17) is 0 Å². The van der Waals surface area contributed by atoms with Gasteiger partial charge in [0, 0.05) is 18.6 Å². The molecule has 4 rings (SSSR count). The van der Waals surface area contributed by atoms with Crippen molar-refractivity contribution in [3.05, 3.63) is 84.0 Å². The van der Waals surface area contributed by atoms with E-state index in [0.29, 0.717) is 0 Å². The molecule has 0 bridgehead atoms. The Hall–Kier alpha value is -2.45. The number of rotatable bonds is 2. The van der Waals surface area contributed by atoms with Gasteiger partial charge in [0.05, 0.1) is 10.9 Å². The van der Waals surface area contributed by atoms with Crippen molar-refractivity contribution in [2.24, 2.45) is 0 Å². The molecule has 0 saturated heterocycles. The molecule has 0 aliphatic carbocycles. The first-order valence-electron chi connectivity index (χ1n) is 7.37. The summed E-state index contributed by atoms with van der Waals surface area (Å²) in [5.74, 6) is 0. The molecule has 0 atom stereocenters. The molecule has 0 aliphatic heterocycles. The summed E-state index contributed by atoms with van der Waals surface area (Å²) in [6.07, 6.45) is 2.26. The minimum Gasteiger partial charge on any atom is -0.154 e. The molecule has 0 fully saturated rings. The molecule has 2 heteroatoms. The molecule has 106 valence electrons. The lowest BCUT2D eigenvalue weighted by atomic mass is 9.96. The maximum atomic E-state index is 2.30. The van der Waals surface area contributed by atoms with Crippen molar-refractivity contribution < 1.29 is 4.40 Å². The third-order valence-corrected chi connectivity index (χ3v) is 4.97. The molecule has 0 radical (unpaired) electrons. The number of thiazole rings is 1. The zero-order chi connectivity index (χ0) is 14.9. The summed E-state index contributed by atoms with van der Waals surface area (Å²) in [6.45, 7) is 2.15. The highest BCUT2D eigenvalue weighted by molar-refractivity contribution is 7.15. The summed E-state index contributed by atoms with van der Waals surface area (Å²) in [5.41, 5.74) is 6.34. The van der Waals surface area contributed by atoms with Crippen LogP contribution < -0.4 is 4.40 Å². The molecule has 0 amide bonds. The van der Waals surface area contributed by atoms with Crippen LogP contribution in [0, 0.1) is 6.92 Å². The van der Waals surface area contributed by atoms with E-state index in [1.165, 1.54) is 32.8 Å². The van der Waals surface area contributed by atoms with E-state index in [1.54, 1.807) is 11.3 Å². The highest BCUT2D eigenvalue weighted by Crippen LogP contribution is 2.32.